The molecule has 0 saturated carbocycles. The molecule has 0 radical (unpaired) electrons. The highest BCUT2D eigenvalue weighted by Gasteiger charge is 2.24. The third-order valence-electron chi connectivity index (χ3n) is 0.617. The molecule has 0 heterocycles. The summed E-state index contributed by atoms with van der Waals surface area (Å²) in [4.78, 5) is 0. The SMILES string of the molecule is C/C=C/C[SH](I)(I)(I)I. The maximum Gasteiger partial charge on any atom is 0.0111 e. The predicted molar refractivity (Wildman–Crippen MR) is 84.7 cm³/mol. The molecular weight excluding hydrogens is 588 g/mol. The molecule has 0 nitrogen and oxygen atoms in total. The van der Waals surface area contributed by atoms with Gasteiger partial charge in [-0.1, -0.05) is 12.2 Å². The fourth-order valence-corrected chi connectivity index (χ4v) is 3.52. The average Bonchev–Trinajstić information content (AvgIpc) is 1.57. The van der Waals surface area contributed by atoms with Gasteiger partial charge in [0.15, 0.2) is 0 Å². The van der Waals surface area contributed by atoms with Crippen LogP contribution in [0, 0.1) is 0 Å². The van der Waals surface area contributed by atoms with E-state index in [1.165, 1.54) is 5.75 Å². The van der Waals surface area contributed by atoms with Crippen molar-refractivity contribution < 1.29 is 0 Å². The van der Waals surface area contributed by atoms with Gasteiger partial charge in [-0.2, -0.15) is 0 Å². The van der Waals surface area contributed by atoms with E-state index < -0.39 is -2.15 Å². The predicted octanol–water partition coefficient (Wildman–Crippen LogP) is 5.04. The number of allylic oxidation sites excluding steroid dienone is 1. The van der Waals surface area contributed by atoms with Crippen molar-refractivity contribution in [1.82, 2.24) is 0 Å². The summed E-state index contributed by atoms with van der Waals surface area (Å²) >= 11 is 10.3. The van der Waals surface area contributed by atoms with Crippen LogP contribution in [0.1, 0.15) is 6.92 Å². The van der Waals surface area contributed by atoms with E-state index in [4.69, 9.17) is 0 Å². The molecule has 0 aromatic carbocycles. The summed E-state index contributed by atoms with van der Waals surface area (Å²) in [6.07, 6.45) is 4.37. The summed E-state index contributed by atoms with van der Waals surface area (Å²) in [6, 6.07) is 0. The van der Waals surface area contributed by atoms with Gasteiger partial charge in [-0.05, 0) is 91.7 Å². The second-order valence-corrected chi connectivity index (χ2v) is 62.5. The summed E-state index contributed by atoms with van der Waals surface area (Å²) in [5.41, 5.74) is 0. The number of rotatable bonds is 2. The molecular formula is C4H8I4S. The van der Waals surface area contributed by atoms with Crippen LogP contribution in [0.4, 0.5) is 0 Å². The van der Waals surface area contributed by atoms with Crippen LogP contribution in [0.5, 0.6) is 0 Å². The first-order valence-electron chi connectivity index (χ1n) is 2.31. The van der Waals surface area contributed by atoms with Gasteiger partial charge < -0.3 is 0 Å². The van der Waals surface area contributed by atoms with Gasteiger partial charge in [-0.25, -0.2) is 0 Å². The molecule has 0 aliphatic heterocycles. The monoisotopic (exact) mass is 596 g/mol. The third kappa shape index (κ3) is 11.0. The second-order valence-electron chi connectivity index (χ2n) is 1.61. The molecule has 0 atom stereocenters. The van der Waals surface area contributed by atoms with Crippen molar-refractivity contribution in [2.75, 3.05) is 5.75 Å². The van der Waals surface area contributed by atoms with Crippen molar-refractivity contribution in [2.45, 2.75) is 6.92 Å². The van der Waals surface area contributed by atoms with Crippen molar-refractivity contribution in [2.24, 2.45) is 0 Å². The van der Waals surface area contributed by atoms with Gasteiger partial charge in [0.05, 0.1) is 0 Å². The van der Waals surface area contributed by atoms with Crippen LogP contribution >= 0.6 is 82.7 Å². The van der Waals surface area contributed by atoms with Gasteiger partial charge in [0, 0.05) is 5.75 Å². The van der Waals surface area contributed by atoms with Crippen molar-refractivity contribution >= 4 is 82.7 Å². The van der Waals surface area contributed by atoms with Crippen LogP contribution < -0.4 is 0 Å². The van der Waals surface area contributed by atoms with Crippen molar-refractivity contribution in [3.05, 3.63) is 12.2 Å². The van der Waals surface area contributed by atoms with Crippen LogP contribution in [-0.2, 0) is 0 Å². The Morgan fingerprint density at radius 1 is 1.22 bits per heavy atom. The Labute approximate surface area is 105 Å². The quantitative estimate of drug-likeness (QED) is 0.258. The minimum atomic E-state index is -1.33. The molecule has 0 rings (SSSR count). The van der Waals surface area contributed by atoms with Crippen LogP contribution in [0.25, 0.3) is 0 Å². The Balaban J connectivity index is 3.89. The summed E-state index contributed by atoms with van der Waals surface area (Å²) in [6.45, 7) is 2.07. The molecule has 0 spiro atoms. The van der Waals surface area contributed by atoms with Crippen molar-refractivity contribution in [3.8, 4) is 0 Å². The fraction of sp³-hybridized carbons (Fsp3) is 0.500. The van der Waals surface area contributed by atoms with E-state index >= 15 is 0 Å². The molecule has 58 valence electrons. The Morgan fingerprint density at radius 3 is 1.78 bits per heavy atom. The van der Waals surface area contributed by atoms with Crippen LogP contribution in [0.15, 0.2) is 12.2 Å². The lowest BCUT2D eigenvalue weighted by Gasteiger charge is -2.36. The molecule has 0 aromatic heterocycles. The zero-order chi connectivity index (χ0) is 7.57. The minimum absolute atomic E-state index is 1.23. The zero-order valence-corrected chi connectivity index (χ0v) is 14.3. The molecule has 5 heteroatoms. The van der Waals surface area contributed by atoms with Crippen LogP contribution in [-0.4, -0.2) is 5.75 Å². The molecule has 0 aromatic rings. The first-order valence-corrected chi connectivity index (χ1v) is 15.9. The molecule has 0 unspecified atom stereocenters. The topological polar surface area (TPSA) is 0 Å². The molecule has 0 aliphatic rings. The maximum absolute atomic E-state index is 2.57. The van der Waals surface area contributed by atoms with Gasteiger partial charge in [0.2, 0.25) is 0 Å². The molecule has 0 fully saturated rings. The average molecular weight is 596 g/mol. The standard InChI is InChI=1S/C4H8I4S/c1-2-3-4-9(5,6,7)8/h2-3,9H,4H2,1H3/b3-2+. The van der Waals surface area contributed by atoms with Gasteiger partial charge >= 0.3 is 0 Å². The van der Waals surface area contributed by atoms with Gasteiger partial charge in [0.1, 0.15) is 0 Å². The summed E-state index contributed by atoms with van der Waals surface area (Å²) in [5.74, 6) is 1.23. The van der Waals surface area contributed by atoms with Gasteiger partial charge in [-0.3, -0.25) is 0 Å². The molecule has 0 amide bonds. The molecule has 0 saturated heterocycles. The normalized spacial score (nSPS) is 17.7. The van der Waals surface area contributed by atoms with Crippen molar-refractivity contribution in [3.63, 3.8) is 0 Å². The van der Waals surface area contributed by atoms with E-state index in [9.17, 15) is 0 Å². The van der Waals surface area contributed by atoms with E-state index in [2.05, 4.69) is 104 Å². The second kappa shape index (κ2) is 4.30. The van der Waals surface area contributed by atoms with E-state index in [1.807, 2.05) is 0 Å². The van der Waals surface area contributed by atoms with Crippen molar-refractivity contribution in [1.29, 1.82) is 0 Å². The molecule has 0 bridgehead atoms. The van der Waals surface area contributed by atoms with Crippen LogP contribution in [0.2, 0.25) is 0 Å². The lowest BCUT2D eigenvalue weighted by molar-refractivity contribution is 1.66. The third-order valence-corrected chi connectivity index (χ3v) is 6.11. The maximum atomic E-state index is 2.57. The smallest absolute Gasteiger partial charge is 0.0111 e. The van der Waals surface area contributed by atoms with Gasteiger partial charge in [-0.15, -0.1) is -2.15 Å². The lowest BCUT2D eigenvalue weighted by Crippen LogP contribution is -1.82. The minimum Gasteiger partial charge on any atom is -0.113 e. The first-order chi connectivity index (χ1) is 3.81. The highest BCUT2D eigenvalue weighted by atomic mass is 127. The van der Waals surface area contributed by atoms with E-state index in [1.54, 1.807) is 0 Å². The Morgan fingerprint density at radius 2 is 1.67 bits per heavy atom. The summed E-state index contributed by atoms with van der Waals surface area (Å²) in [7, 11) is 0. The molecule has 0 aliphatic carbocycles. The highest BCUT2D eigenvalue weighted by molar-refractivity contribution is 14.6. The largest absolute Gasteiger partial charge is 0.113 e. The van der Waals surface area contributed by atoms with Gasteiger partial charge in [0.25, 0.3) is 0 Å². The lowest BCUT2D eigenvalue weighted by atomic mass is 10.6. The molecule has 0 N–H and O–H groups in total. The number of hydrogen-bond donors (Lipinski definition) is 1. The van der Waals surface area contributed by atoms with E-state index in [-0.39, 0.29) is 0 Å². The fourth-order valence-electron chi connectivity index (χ4n) is 0.265. The zero-order valence-electron chi connectivity index (χ0n) is 4.82. The Kier molecular flexibility index (Phi) is 5.74. The first kappa shape index (κ1) is 12.0. The number of hydrogen-bond acceptors (Lipinski definition) is 0. The summed E-state index contributed by atoms with van der Waals surface area (Å²) in [5, 5.41) is 0. The number of thiol groups is 1. The summed E-state index contributed by atoms with van der Waals surface area (Å²) < 4.78 is -1.33. The van der Waals surface area contributed by atoms with E-state index in [0.717, 1.165) is 0 Å². The number of halogens is 4. The molecule has 9 heavy (non-hydrogen) atoms. The highest BCUT2D eigenvalue weighted by Crippen LogP contribution is 2.95. The van der Waals surface area contributed by atoms with Crippen LogP contribution in [0.3, 0.4) is 0 Å². The Bertz CT molecular complexity index is 113. The van der Waals surface area contributed by atoms with E-state index in [0.29, 0.717) is 0 Å². The Hall–Kier alpha value is 3.01.